The summed E-state index contributed by atoms with van der Waals surface area (Å²) in [5.74, 6) is -0.364. The molecule has 1 aromatic carbocycles. The van der Waals surface area contributed by atoms with Crippen molar-refractivity contribution in [2.24, 2.45) is 0 Å². The third-order valence-corrected chi connectivity index (χ3v) is 4.75. The van der Waals surface area contributed by atoms with Crippen LogP contribution in [0, 0.1) is 19.7 Å². The van der Waals surface area contributed by atoms with Crippen molar-refractivity contribution in [3.8, 4) is 5.69 Å². The summed E-state index contributed by atoms with van der Waals surface area (Å²) in [5.41, 5.74) is 1.53. The number of aryl methyl sites for hydroxylation is 2. The number of hydrogen-bond acceptors (Lipinski definition) is 3. The number of nitrogens with zero attached hydrogens (tertiary/aromatic N) is 2. The van der Waals surface area contributed by atoms with Crippen molar-refractivity contribution >= 4 is 12.6 Å². The Hall–Kier alpha value is -1.66. The first-order valence-electron chi connectivity index (χ1n) is 7.80. The van der Waals surface area contributed by atoms with Gasteiger partial charge in [0.05, 0.1) is 16.9 Å². The summed E-state index contributed by atoms with van der Waals surface area (Å²) >= 11 is 0. The summed E-state index contributed by atoms with van der Waals surface area (Å²) in [6.07, 6.45) is 0. The molecule has 2 aromatic rings. The smallest absolute Gasteiger partial charge is 0.399 e. The zero-order valence-corrected chi connectivity index (χ0v) is 14.5. The largest absolute Gasteiger partial charge is 0.497 e. The maximum atomic E-state index is 15.1. The molecule has 0 atom stereocenters. The lowest BCUT2D eigenvalue weighted by molar-refractivity contribution is 0.00578. The van der Waals surface area contributed by atoms with Gasteiger partial charge >= 0.3 is 7.12 Å². The second-order valence-corrected chi connectivity index (χ2v) is 7.11. The molecule has 1 aliphatic rings. The number of aromatic nitrogens is 2. The van der Waals surface area contributed by atoms with Crippen molar-refractivity contribution in [1.82, 2.24) is 9.78 Å². The zero-order chi connectivity index (χ0) is 17.0. The van der Waals surface area contributed by atoms with E-state index >= 15 is 4.39 Å². The molecule has 0 N–H and O–H groups in total. The molecule has 122 valence electrons. The molecule has 6 heteroatoms. The Balaban J connectivity index is 2.04. The van der Waals surface area contributed by atoms with Crippen molar-refractivity contribution < 1.29 is 13.7 Å². The fourth-order valence-electron chi connectivity index (χ4n) is 2.73. The van der Waals surface area contributed by atoms with E-state index in [2.05, 4.69) is 5.10 Å². The molecule has 23 heavy (non-hydrogen) atoms. The third-order valence-electron chi connectivity index (χ3n) is 4.75. The predicted octanol–water partition coefficient (Wildman–Crippen LogP) is 2.93. The quantitative estimate of drug-likeness (QED) is 0.799. The van der Waals surface area contributed by atoms with Crippen LogP contribution in [-0.2, 0) is 9.31 Å². The van der Waals surface area contributed by atoms with Crippen molar-refractivity contribution in [3.63, 3.8) is 0 Å². The van der Waals surface area contributed by atoms with Gasteiger partial charge in [-0.05, 0) is 53.7 Å². The minimum atomic E-state index is -0.725. The van der Waals surface area contributed by atoms with E-state index in [9.17, 15) is 0 Å². The van der Waals surface area contributed by atoms with Gasteiger partial charge in [0, 0.05) is 11.2 Å². The van der Waals surface area contributed by atoms with Gasteiger partial charge in [-0.1, -0.05) is 12.1 Å². The second kappa shape index (κ2) is 5.18. The van der Waals surface area contributed by atoms with Gasteiger partial charge in [-0.3, -0.25) is 0 Å². The standard InChI is InChI=1S/C17H22BFN2O2/c1-11-10-12(2)21(20-11)14-9-7-8-13(15(14)19)18-22-16(3,4)17(5,6)23-18/h7-10H,1-6H3. The highest BCUT2D eigenvalue weighted by atomic mass is 19.1. The van der Waals surface area contributed by atoms with Gasteiger partial charge in [-0.25, -0.2) is 9.07 Å². The Kier molecular flexibility index (Phi) is 3.65. The molecule has 4 nitrogen and oxygen atoms in total. The maximum Gasteiger partial charge on any atom is 0.497 e. The van der Waals surface area contributed by atoms with Crippen LogP contribution in [0.3, 0.4) is 0 Å². The minimum absolute atomic E-state index is 0.364. The highest BCUT2D eigenvalue weighted by Crippen LogP contribution is 2.36. The number of hydrogen-bond donors (Lipinski definition) is 0. The molecule has 1 fully saturated rings. The third kappa shape index (κ3) is 2.60. The van der Waals surface area contributed by atoms with E-state index in [4.69, 9.17) is 9.31 Å². The first kappa shape index (κ1) is 16.2. The van der Waals surface area contributed by atoms with Crippen LogP contribution in [0.25, 0.3) is 5.69 Å². The highest BCUT2D eigenvalue weighted by molar-refractivity contribution is 6.62. The summed E-state index contributed by atoms with van der Waals surface area (Å²) in [4.78, 5) is 0. The Morgan fingerprint density at radius 1 is 1.09 bits per heavy atom. The van der Waals surface area contributed by atoms with Crippen LogP contribution in [0.5, 0.6) is 0 Å². The first-order valence-corrected chi connectivity index (χ1v) is 7.80. The molecule has 0 amide bonds. The Morgan fingerprint density at radius 3 is 2.22 bits per heavy atom. The molecule has 0 radical (unpaired) electrons. The molecule has 1 saturated heterocycles. The molecule has 0 unspecified atom stereocenters. The molecule has 0 aliphatic carbocycles. The number of rotatable bonds is 2. The van der Waals surface area contributed by atoms with Crippen LogP contribution in [0.1, 0.15) is 39.1 Å². The number of halogens is 1. The first-order chi connectivity index (χ1) is 10.6. The lowest BCUT2D eigenvalue weighted by Gasteiger charge is -2.32. The van der Waals surface area contributed by atoms with Crippen molar-refractivity contribution in [3.05, 3.63) is 41.5 Å². The van der Waals surface area contributed by atoms with Gasteiger partial charge in [-0.2, -0.15) is 5.10 Å². The van der Waals surface area contributed by atoms with Crippen molar-refractivity contribution in [2.75, 3.05) is 0 Å². The normalized spacial score (nSPS) is 19.3. The molecule has 1 aromatic heterocycles. The van der Waals surface area contributed by atoms with Crippen LogP contribution in [0.4, 0.5) is 4.39 Å². The topological polar surface area (TPSA) is 36.3 Å². The van der Waals surface area contributed by atoms with Gasteiger partial charge in [-0.15, -0.1) is 0 Å². The zero-order valence-electron chi connectivity index (χ0n) is 14.5. The lowest BCUT2D eigenvalue weighted by Crippen LogP contribution is -2.41. The summed E-state index contributed by atoms with van der Waals surface area (Å²) in [6.45, 7) is 11.6. The van der Waals surface area contributed by atoms with Crippen LogP contribution in [0.15, 0.2) is 24.3 Å². The monoisotopic (exact) mass is 316 g/mol. The summed E-state index contributed by atoms with van der Waals surface area (Å²) in [5, 5.41) is 4.36. The fourth-order valence-corrected chi connectivity index (χ4v) is 2.73. The van der Waals surface area contributed by atoms with E-state index in [-0.39, 0.29) is 5.82 Å². The molecular weight excluding hydrogens is 294 g/mol. The van der Waals surface area contributed by atoms with Gasteiger partial charge in [0.2, 0.25) is 0 Å². The average Bonchev–Trinajstić information content (AvgIpc) is 2.86. The lowest BCUT2D eigenvalue weighted by atomic mass is 9.78. The van der Waals surface area contributed by atoms with Gasteiger partial charge in [0.25, 0.3) is 0 Å². The number of benzene rings is 1. The molecule has 0 spiro atoms. The van der Waals surface area contributed by atoms with Crippen molar-refractivity contribution in [2.45, 2.75) is 52.7 Å². The van der Waals surface area contributed by atoms with Crippen molar-refractivity contribution in [1.29, 1.82) is 0 Å². The summed E-state index contributed by atoms with van der Waals surface area (Å²) in [6, 6.07) is 7.13. The van der Waals surface area contributed by atoms with Gasteiger partial charge < -0.3 is 9.31 Å². The highest BCUT2D eigenvalue weighted by Gasteiger charge is 2.52. The van der Waals surface area contributed by atoms with Gasteiger partial charge in [0.15, 0.2) is 0 Å². The predicted molar refractivity (Wildman–Crippen MR) is 88.7 cm³/mol. The Labute approximate surface area is 136 Å². The minimum Gasteiger partial charge on any atom is -0.399 e. The fraction of sp³-hybridized carbons (Fsp3) is 0.471. The van der Waals surface area contributed by atoms with Crippen LogP contribution >= 0.6 is 0 Å². The van der Waals surface area contributed by atoms with E-state index in [0.717, 1.165) is 11.4 Å². The van der Waals surface area contributed by atoms with E-state index in [1.807, 2.05) is 47.6 Å². The van der Waals surface area contributed by atoms with Crippen LogP contribution in [-0.4, -0.2) is 28.1 Å². The maximum absolute atomic E-state index is 15.1. The average molecular weight is 316 g/mol. The molecule has 3 rings (SSSR count). The Morgan fingerprint density at radius 2 is 1.70 bits per heavy atom. The second-order valence-electron chi connectivity index (χ2n) is 7.11. The molecule has 2 heterocycles. The molecule has 1 aliphatic heterocycles. The molecule has 0 bridgehead atoms. The van der Waals surface area contributed by atoms with Crippen LogP contribution < -0.4 is 5.46 Å². The van der Waals surface area contributed by atoms with E-state index in [1.54, 1.807) is 22.9 Å². The Bertz CT molecular complexity index is 739. The summed E-state index contributed by atoms with van der Waals surface area (Å²) < 4.78 is 28.6. The SMILES string of the molecule is Cc1cc(C)n(-c2cccc(B3OC(C)(C)C(C)(C)O3)c2F)n1. The molecular formula is C17H22BFN2O2. The van der Waals surface area contributed by atoms with E-state index in [1.165, 1.54) is 0 Å². The summed E-state index contributed by atoms with van der Waals surface area (Å²) in [7, 11) is -0.725. The van der Waals surface area contributed by atoms with Crippen LogP contribution in [0.2, 0.25) is 0 Å². The van der Waals surface area contributed by atoms with E-state index < -0.39 is 18.3 Å². The molecule has 0 saturated carbocycles. The van der Waals surface area contributed by atoms with E-state index in [0.29, 0.717) is 11.2 Å². The van der Waals surface area contributed by atoms with Gasteiger partial charge in [0.1, 0.15) is 11.5 Å².